The van der Waals surface area contributed by atoms with Crippen molar-refractivity contribution in [3.05, 3.63) is 30.1 Å². The fourth-order valence-corrected chi connectivity index (χ4v) is 1.49. The second-order valence-electron chi connectivity index (χ2n) is 3.18. The summed E-state index contributed by atoms with van der Waals surface area (Å²) >= 11 is 4.80. The van der Waals surface area contributed by atoms with Gasteiger partial charge in [0.25, 0.3) is 5.17 Å². The fraction of sp³-hybridized carbons (Fsp3) is 0.300. The Labute approximate surface area is 92.2 Å². The topological polar surface area (TPSA) is 30.5 Å². The molecule has 5 heteroatoms. The lowest BCUT2D eigenvalue weighted by Crippen LogP contribution is -2.21. The molecule has 1 aliphatic heterocycles. The highest BCUT2D eigenvalue weighted by Crippen LogP contribution is 2.13. The monoisotopic (exact) mass is 227 g/mol. The van der Waals surface area contributed by atoms with Gasteiger partial charge in [0, 0.05) is 6.07 Å². The van der Waals surface area contributed by atoms with E-state index in [-0.39, 0.29) is 11.9 Å². The van der Waals surface area contributed by atoms with E-state index in [1.165, 1.54) is 12.1 Å². The minimum Gasteiger partial charge on any atom is -0.490 e. The smallest absolute Gasteiger partial charge is 0.257 e. The molecular weight excluding hydrogens is 217 g/mol. The minimum atomic E-state index is -0.312. The Morgan fingerprint density at radius 1 is 1.60 bits per heavy atom. The third kappa shape index (κ3) is 2.79. The number of hydrogen-bond donors (Lipinski definition) is 1. The van der Waals surface area contributed by atoms with Crippen molar-refractivity contribution in [1.82, 2.24) is 5.32 Å². The number of hydrogen-bond acceptors (Lipinski definition) is 3. The summed E-state index contributed by atoms with van der Waals surface area (Å²) in [5, 5.41) is 3.26. The Morgan fingerprint density at radius 2 is 2.47 bits per heavy atom. The van der Waals surface area contributed by atoms with Crippen LogP contribution in [-0.4, -0.2) is 24.4 Å². The predicted octanol–water partition coefficient (Wildman–Crippen LogP) is 1.48. The summed E-state index contributed by atoms with van der Waals surface area (Å²) in [6.45, 7) is 0.991. The van der Waals surface area contributed by atoms with Crippen molar-refractivity contribution < 1.29 is 13.9 Å². The molecule has 1 aromatic carbocycles. The van der Waals surface area contributed by atoms with Crippen LogP contribution in [0.15, 0.2) is 24.3 Å². The highest BCUT2D eigenvalue weighted by molar-refractivity contribution is 7.80. The van der Waals surface area contributed by atoms with Crippen molar-refractivity contribution in [1.29, 1.82) is 0 Å². The Balaban J connectivity index is 1.85. The van der Waals surface area contributed by atoms with Crippen molar-refractivity contribution in [2.24, 2.45) is 0 Å². The van der Waals surface area contributed by atoms with Crippen LogP contribution >= 0.6 is 12.2 Å². The zero-order valence-corrected chi connectivity index (χ0v) is 8.72. The molecule has 1 atom stereocenters. The summed E-state index contributed by atoms with van der Waals surface area (Å²) in [6, 6.07) is 6.00. The summed E-state index contributed by atoms with van der Waals surface area (Å²) in [7, 11) is 0. The van der Waals surface area contributed by atoms with Crippen molar-refractivity contribution in [2.75, 3.05) is 13.2 Å². The van der Waals surface area contributed by atoms with Gasteiger partial charge in [-0.3, -0.25) is 0 Å². The Bertz CT molecular complexity index is 372. The van der Waals surface area contributed by atoms with Gasteiger partial charge in [-0.2, -0.15) is 0 Å². The lowest BCUT2D eigenvalue weighted by molar-refractivity contribution is 0.149. The van der Waals surface area contributed by atoms with Crippen molar-refractivity contribution in [3.8, 4) is 5.75 Å². The number of benzene rings is 1. The first-order valence-corrected chi connectivity index (χ1v) is 4.98. The van der Waals surface area contributed by atoms with E-state index in [0.717, 1.165) is 0 Å². The molecule has 0 aromatic heterocycles. The predicted molar refractivity (Wildman–Crippen MR) is 57.4 cm³/mol. The first-order valence-electron chi connectivity index (χ1n) is 4.57. The Morgan fingerprint density at radius 3 is 3.13 bits per heavy atom. The quantitative estimate of drug-likeness (QED) is 0.792. The van der Waals surface area contributed by atoms with Crippen LogP contribution in [0.2, 0.25) is 0 Å². The number of rotatable bonds is 3. The molecule has 15 heavy (non-hydrogen) atoms. The summed E-state index contributed by atoms with van der Waals surface area (Å²) in [6.07, 6.45) is -0.0965. The molecule has 0 bridgehead atoms. The van der Waals surface area contributed by atoms with E-state index in [1.54, 1.807) is 12.1 Å². The second-order valence-corrected chi connectivity index (χ2v) is 3.55. The van der Waals surface area contributed by atoms with Gasteiger partial charge in [0.05, 0.1) is 6.54 Å². The van der Waals surface area contributed by atoms with Crippen LogP contribution in [0.25, 0.3) is 0 Å². The van der Waals surface area contributed by atoms with Gasteiger partial charge in [0.2, 0.25) is 0 Å². The molecule has 0 saturated carbocycles. The number of ether oxygens (including phenoxy) is 2. The maximum atomic E-state index is 12.8. The maximum absolute atomic E-state index is 12.8. The molecule has 1 saturated heterocycles. The van der Waals surface area contributed by atoms with Gasteiger partial charge in [0.15, 0.2) is 6.10 Å². The van der Waals surface area contributed by atoms with Gasteiger partial charge in [-0.25, -0.2) is 4.39 Å². The van der Waals surface area contributed by atoms with E-state index >= 15 is 0 Å². The van der Waals surface area contributed by atoms with Gasteiger partial charge in [0.1, 0.15) is 18.2 Å². The van der Waals surface area contributed by atoms with Gasteiger partial charge in [-0.15, -0.1) is 0 Å². The van der Waals surface area contributed by atoms with Crippen LogP contribution in [0.5, 0.6) is 5.75 Å². The average molecular weight is 227 g/mol. The minimum absolute atomic E-state index is 0.0965. The van der Waals surface area contributed by atoms with E-state index in [1.807, 2.05) is 0 Å². The highest BCUT2D eigenvalue weighted by atomic mass is 32.1. The Hall–Kier alpha value is -1.36. The molecule has 1 N–H and O–H groups in total. The standard InChI is InChI=1S/C10H10FNO2S/c11-7-2-1-3-8(4-7)13-6-9-5-12-10(15)14-9/h1-4,9H,5-6H2,(H,12,15). The summed E-state index contributed by atoms with van der Waals surface area (Å²) in [4.78, 5) is 0. The second kappa shape index (κ2) is 4.44. The molecule has 1 unspecified atom stereocenters. The normalized spacial score (nSPS) is 19.5. The first kappa shape index (κ1) is 10.2. The van der Waals surface area contributed by atoms with E-state index in [2.05, 4.69) is 5.32 Å². The molecule has 1 aromatic rings. The lowest BCUT2D eigenvalue weighted by atomic mass is 10.3. The SMILES string of the molecule is Fc1cccc(OCC2CNC(=S)O2)c1. The van der Waals surface area contributed by atoms with Gasteiger partial charge in [-0.05, 0) is 24.4 Å². The molecule has 3 nitrogen and oxygen atoms in total. The number of halogens is 1. The molecule has 1 fully saturated rings. The molecule has 0 amide bonds. The van der Waals surface area contributed by atoms with Crippen LogP contribution in [0.3, 0.4) is 0 Å². The van der Waals surface area contributed by atoms with Crippen LogP contribution in [0.1, 0.15) is 0 Å². The van der Waals surface area contributed by atoms with E-state index in [9.17, 15) is 4.39 Å². The zero-order valence-electron chi connectivity index (χ0n) is 7.90. The molecule has 0 radical (unpaired) electrons. The lowest BCUT2D eigenvalue weighted by Gasteiger charge is -2.10. The fourth-order valence-electron chi connectivity index (χ4n) is 1.27. The van der Waals surface area contributed by atoms with Crippen molar-refractivity contribution in [3.63, 3.8) is 0 Å². The summed E-state index contributed by atoms with van der Waals surface area (Å²) in [5.74, 6) is 0.185. The molecule has 80 valence electrons. The van der Waals surface area contributed by atoms with E-state index in [0.29, 0.717) is 24.1 Å². The first-order chi connectivity index (χ1) is 7.24. The molecule has 0 spiro atoms. The number of thiocarbonyl (C=S) groups is 1. The number of nitrogens with one attached hydrogen (secondary N) is 1. The molecular formula is C10H10FNO2S. The van der Waals surface area contributed by atoms with Gasteiger partial charge < -0.3 is 14.8 Å². The van der Waals surface area contributed by atoms with Crippen LogP contribution in [0, 0.1) is 5.82 Å². The Kier molecular flexibility index (Phi) is 3.01. The van der Waals surface area contributed by atoms with E-state index in [4.69, 9.17) is 21.7 Å². The third-order valence-electron chi connectivity index (χ3n) is 1.98. The largest absolute Gasteiger partial charge is 0.490 e. The van der Waals surface area contributed by atoms with Crippen LogP contribution < -0.4 is 10.1 Å². The summed E-state index contributed by atoms with van der Waals surface area (Å²) < 4.78 is 23.4. The molecule has 0 aliphatic carbocycles. The highest BCUT2D eigenvalue weighted by Gasteiger charge is 2.20. The van der Waals surface area contributed by atoms with Crippen LogP contribution in [-0.2, 0) is 4.74 Å². The van der Waals surface area contributed by atoms with E-state index < -0.39 is 0 Å². The third-order valence-corrected chi connectivity index (χ3v) is 2.22. The molecule has 1 aliphatic rings. The maximum Gasteiger partial charge on any atom is 0.257 e. The zero-order chi connectivity index (χ0) is 10.7. The van der Waals surface area contributed by atoms with Gasteiger partial charge >= 0.3 is 0 Å². The molecule has 1 heterocycles. The van der Waals surface area contributed by atoms with Crippen molar-refractivity contribution >= 4 is 17.4 Å². The average Bonchev–Trinajstić information content (AvgIpc) is 2.62. The molecule has 2 rings (SSSR count). The van der Waals surface area contributed by atoms with Crippen molar-refractivity contribution in [2.45, 2.75) is 6.10 Å². The van der Waals surface area contributed by atoms with Gasteiger partial charge in [-0.1, -0.05) is 6.07 Å². The van der Waals surface area contributed by atoms with Crippen LogP contribution in [0.4, 0.5) is 4.39 Å². The summed E-state index contributed by atoms with van der Waals surface area (Å²) in [5.41, 5.74) is 0.